The number of amides is 1. The SMILES string of the molecule is CCC(CC)(CN)NC(=O)c1ccc(C(F)(F)F)nc1. The second kappa shape index (κ2) is 6.21. The van der Waals surface area contributed by atoms with Gasteiger partial charge in [0.05, 0.1) is 11.1 Å². The van der Waals surface area contributed by atoms with Crippen LogP contribution >= 0.6 is 0 Å². The first-order valence-electron chi connectivity index (χ1n) is 6.34. The van der Waals surface area contributed by atoms with Crippen molar-refractivity contribution in [3.63, 3.8) is 0 Å². The molecule has 3 N–H and O–H groups in total. The molecule has 1 rings (SSSR count). The summed E-state index contributed by atoms with van der Waals surface area (Å²) in [6, 6.07) is 1.90. The molecule has 0 bridgehead atoms. The number of hydrogen-bond acceptors (Lipinski definition) is 3. The van der Waals surface area contributed by atoms with Gasteiger partial charge in [0, 0.05) is 12.7 Å². The predicted molar refractivity (Wildman–Crippen MR) is 69.1 cm³/mol. The zero-order valence-electron chi connectivity index (χ0n) is 11.4. The molecule has 1 amide bonds. The highest BCUT2D eigenvalue weighted by Crippen LogP contribution is 2.27. The molecule has 4 nitrogen and oxygen atoms in total. The first-order valence-corrected chi connectivity index (χ1v) is 6.34. The monoisotopic (exact) mass is 289 g/mol. The fourth-order valence-corrected chi connectivity index (χ4v) is 1.78. The zero-order chi connectivity index (χ0) is 15.4. The smallest absolute Gasteiger partial charge is 0.345 e. The van der Waals surface area contributed by atoms with Gasteiger partial charge in [0.25, 0.3) is 5.91 Å². The number of hydrogen-bond donors (Lipinski definition) is 2. The fourth-order valence-electron chi connectivity index (χ4n) is 1.78. The number of carbonyl (C=O) groups excluding carboxylic acids is 1. The molecule has 0 aliphatic carbocycles. The number of nitrogens with zero attached hydrogens (tertiary/aromatic N) is 1. The van der Waals surface area contributed by atoms with Crippen LogP contribution in [-0.4, -0.2) is 23.0 Å². The molecule has 1 heterocycles. The molecule has 7 heteroatoms. The molecule has 0 aromatic carbocycles. The summed E-state index contributed by atoms with van der Waals surface area (Å²) in [4.78, 5) is 15.3. The summed E-state index contributed by atoms with van der Waals surface area (Å²) in [5, 5.41) is 2.77. The molecule has 0 aliphatic heterocycles. The standard InChI is InChI=1S/C13H18F3N3O/c1-3-12(4-2,8-17)19-11(20)9-5-6-10(18-7-9)13(14,15)16/h5-7H,3-4,8,17H2,1-2H3,(H,19,20). The molecule has 0 aliphatic rings. The van der Waals surface area contributed by atoms with Crippen molar-refractivity contribution < 1.29 is 18.0 Å². The Bertz CT molecular complexity index is 445. The van der Waals surface area contributed by atoms with Crippen molar-refractivity contribution in [2.75, 3.05) is 6.54 Å². The van der Waals surface area contributed by atoms with Crippen LogP contribution in [0.3, 0.4) is 0 Å². The minimum Gasteiger partial charge on any atom is -0.345 e. The lowest BCUT2D eigenvalue weighted by Crippen LogP contribution is -2.52. The Morgan fingerprint density at radius 3 is 2.25 bits per heavy atom. The van der Waals surface area contributed by atoms with Crippen LogP contribution in [0.1, 0.15) is 42.7 Å². The van der Waals surface area contributed by atoms with Gasteiger partial charge in [-0.1, -0.05) is 13.8 Å². The summed E-state index contributed by atoms with van der Waals surface area (Å²) < 4.78 is 37.1. The van der Waals surface area contributed by atoms with Gasteiger partial charge >= 0.3 is 6.18 Å². The van der Waals surface area contributed by atoms with Crippen LogP contribution in [-0.2, 0) is 6.18 Å². The van der Waals surface area contributed by atoms with Gasteiger partial charge in [-0.25, -0.2) is 0 Å². The van der Waals surface area contributed by atoms with E-state index < -0.39 is 23.3 Å². The Kier molecular flexibility index (Phi) is 5.10. The third kappa shape index (κ3) is 3.69. The average molecular weight is 289 g/mol. The van der Waals surface area contributed by atoms with Gasteiger partial charge in [-0.15, -0.1) is 0 Å². The lowest BCUT2D eigenvalue weighted by molar-refractivity contribution is -0.141. The van der Waals surface area contributed by atoms with Crippen LogP contribution in [0.25, 0.3) is 0 Å². The quantitative estimate of drug-likeness (QED) is 0.874. The van der Waals surface area contributed by atoms with Crippen molar-refractivity contribution in [1.82, 2.24) is 10.3 Å². The Morgan fingerprint density at radius 2 is 1.90 bits per heavy atom. The van der Waals surface area contributed by atoms with E-state index in [9.17, 15) is 18.0 Å². The Hall–Kier alpha value is -1.63. The number of halogens is 3. The van der Waals surface area contributed by atoms with Crippen LogP contribution in [0.5, 0.6) is 0 Å². The molecule has 112 valence electrons. The average Bonchev–Trinajstić information content (AvgIpc) is 2.44. The summed E-state index contributed by atoms with van der Waals surface area (Å²) in [5.41, 5.74) is 4.17. The highest BCUT2D eigenvalue weighted by atomic mass is 19.4. The largest absolute Gasteiger partial charge is 0.433 e. The van der Waals surface area contributed by atoms with Crippen LogP contribution < -0.4 is 11.1 Å². The van der Waals surface area contributed by atoms with Crippen molar-refractivity contribution in [2.24, 2.45) is 5.73 Å². The number of nitrogens with two attached hydrogens (primary N) is 1. The lowest BCUT2D eigenvalue weighted by Gasteiger charge is -2.31. The molecular weight excluding hydrogens is 271 g/mol. The lowest BCUT2D eigenvalue weighted by atomic mass is 9.92. The van der Waals surface area contributed by atoms with Crippen molar-refractivity contribution >= 4 is 5.91 Å². The van der Waals surface area contributed by atoms with E-state index in [0.717, 1.165) is 18.3 Å². The Morgan fingerprint density at radius 1 is 1.30 bits per heavy atom. The van der Waals surface area contributed by atoms with Gasteiger partial charge in [-0.3, -0.25) is 9.78 Å². The second-order valence-electron chi connectivity index (χ2n) is 4.58. The van der Waals surface area contributed by atoms with E-state index in [-0.39, 0.29) is 12.1 Å². The van der Waals surface area contributed by atoms with E-state index in [4.69, 9.17) is 5.73 Å². The minimum atomic E-state index is -4.51. The summed E-state index contributed by atoms with van der Waals surface area (Å²) in [5.74, 6) is -0.472. The van der Waals surface area contributed by atoms with Gasteiger partial charge in [0.15, 0.2) is 0 Å². The highest BCUT2D eigenvalue weighted by molar-refractivity contribution is 5.94. The number of nitrogens with one attached hydrogen (secondary N) is 1. The third-order valence-corrected chi connectivity index (χ3v) is 3.44. The van der Waals surface area contributed by atoms with Crippen molar-refractivity contribution in [3.05, 3.63) is 29.6 Å². The van der Waals surface area contributed by atoms with Gasteiger partial charge in [-0.05, 0) is 25.0 Å². The zero-order valence-corrected chi connectivity index (χ0v) is 11.4. The third-order valence-electron chi connectivity index (χ3n) is 3.44. The van der Waals surface area contributed by atoms with E-state index >= 15 is 0 Å². The van der Waals surface area contributed by atoms with E-state index in [1.165, 1.54) is 0 Å². The van der Waals surface area contributed by atoms with Gasteiger partial charge in [0.1, 0.15) is 5.69 Å². The summed E-state index contributed by atoms with van der Waals surface area (Å²) in [7, 11) is 0. The van der Waals surface area contributed by atoms with Crippen molar-refractivity contribution in [3.8, 4) is 0 Å². The van der Waals surface area contributed by atoms with E-state index in [0.29, 0.717) is 12.8 Å². The molecule has 0 saturated carbocycles. The molecule has 0 radical (unpaired) electrons. The molecule has 0 spiro atoms. The first kappa shape index (κ1) is 16.4. The molecule has 1 aromatic heterocycles. The van der Waals surface area contributed by atoms with Gasteiger partial charge in [0.2, 0.25) is 0 Å². The second-order valence-corrected chi connectivity index (χ2v) is 4.58. The number of rotatable bonds is 5. The van der Waals surface area contributed by atoms with Crippen LogP contribution in [0.15, 0.2) is 18.3 Å². The normalized spacial score (nSPS) is 12.3. The number of carbonyl (C=O) groups is 1. The van der Waals surface area contributed by atoms with Crippen molar-refractivity contribution in [2.45, 2.75) is 38.4 Å². The summed E-state index contributed by atoms with van der Waals surface area (Å²) >= 11 is 0. The predicted octanol–water partition coefficient (Wildman–Crippen LogP) is 2.35. The number of pyridine rings is 1. The maximum Gasteiger partial charge on any atom is 0.433 e. The van der Waals surface area contributed by atoms with E-state index in [2.05, 4.69) is 10.3 Å². The maximum atomic E-state index is 12.4. The van der Waals surface area contributed by atoms with Crippen LogP contribution in [0, 0.1) is 0 Å². The van der Waals surface area contributed by atoms with E-state index in [1.807, 2.05) is 13.8 Å². The van der Waals surface area contributed by atoms with E-state index in [1.54, 1.807) is 0 Å². The number of aromatic nitrogens is 1. The van der Waals surface area contributed by atoms with Gasteiger partial charge < -0.3 is 11.1 Å². The minimum absolute atomic E-state index is 0.0812. The first-order chi connectivity index (χ1) is 9.28. The Labute approximate surface area is 115 Å². The molecule has 0 unspecified atom stereocenters. The number of alkyl halides is 3. The molecule has 0 atom stereocenters. The molecule has 20 heavy (non-hydrogen) atoms. The molecular formula is C13H18F3N3O. The van der Waals surface area contributed by atoms with Gasteiger partial charge in [-0.2, -0.15) is 13.2 Å². The molecule has 1 aromatic rings. The summed E-state index contributed by atoms with van der Waals surface area (Å²) in [6.45, 7) is 4.04. The highest BCUT2D eigenvalue weighted by Gasteiger charge is 2.32. The summed E-state index contributed by atoms with van der Waals surface area (Å²) in [6.07, 6.45) is -2.31. The molecule has 0 fully saturated rings. The van der Waals surface area contributed by atoms with Crippen LogP contribution in [0.4, 0.5) is 13.2 Å². The maximum absolute atomic E-state index is 12.4. The van der Waals surface area contributed by atoms with Crippen LogP contribution in [0.2, 0.25) is 0 Å². The molecule has 0 saturated heterocycles. The Balaban J connectivity index is 2.88. The topological polar surface area (TPSA) is 68.0 Å². The fraction of sp³-hybridized carbons (Fsp3) is 0.538. The van der Waals surface area contributed by atoms with Crippen molar-refractivity contribution in [1.29, 1.82) is 0 Å².